The molecule has 116 valence electrons. The molecule has 2 heterocycles. The van der Waals surface area contributed by atoms with Gasteiger partial charge in [0.15, 0.2) is 0 Å². The zero-order valence-corrected chi connectivity index (χ0v) is 13.2. The highest BCUT2D eigenvalue weighted by atomic mass is 15.4. The van der Waals surface area contributed by atoms with Crippen molar-refractivity contribution < 1.29 is 0 Å². The van der Waals surface area contributed by atoms with Gasteiger partial charge in [0, 0.05) is 33.2 Å². The summed E-state index contributed by atoms with van der Waals surface area (Å²) in [6.45, 7) is 5.41. The van der Waals surface area contributed by atoms with Crippen LogP contribution < -0.4 is 0 Å². The molecule has 0 N–H and O–H groups in total. The highest BCUT2D eigenvalue weighted by molar-refractivity contribution is 5.22. The van der Waals surface area contributed by atoms with Crippen LogP contribution in [0.3, 0.4) is 0 Å². The second kappa shape index (κ2) is 10.0. The largest absolute Gasteiger partial charge is 0.383 e. The van der Waals surface area contributed by atoms with E-state index in [9.17, 15) is 0 Å². The first-order valence-electron chi connectivity index (χ1n) is 6.86. The van der Waals surface area contributed by atoms with Gasteiger partial charge in [0.05, 0.1) is 0 Å². The minimum Gasteiger partial charge on any atom is -0.383 e. The van der Waals surface area contributed by atoms with Gasteiger partial charge in [0.25, 0.3) is 0 Å². The molecule has 2 aromatic heterocycles. The molecular formula is C16H22N6. The molecule has 0 spiro atoms. The Hall–Kier alpha value is -2.76. The zero-order chi connectivity index (χ0) is 16.2. The Kier molecular flexibility index (Phi) is 7.89. The van der Waals surface area contributed by atoms with Crippen molar-refractivity contribution in [3.05, 3.63) is 67.2 Å². The summed E-state index contributed by atoms with van der Waals surface area (Å²) in [4.78, 5) is 6.02. The van der Waals surface area contributed by atoms with Gasteiger partial charge in [-0.25, -0.2) is 4.68 Å². The Bertz CT molecular complexity index is 572. The van der Waals surface area contributed by atoms with E-state index in [2.05, 4.69) is 46.1 Å². The Morgan fingerprint density at radius 2 is 1.82 bits per heavy atom. The molecule has 0 amide bonds. The quantitative estimate of drug-likeness (QED) is 0.629. The third-order valence-corrected chi connectivity index (χ3v) is 2.70. The Morgan fingerprint density at radius 3 is 2.32 bits per heavy atom. The van der Waals surface area contributed by atoms with E-state index in [0.29, 0.717) is 5.92 Å². The van der Waals surface area contributed by atoms with Gasteiger partial charge in [-0.05, 0) is 35.9 Å². The molecule has 0 saturated heterocycles. The molecule has 0 aliphatic rings. The first-order valence-corrected chi connectivity index (χ1v) is 6.86. The molecule has 2 rings (SSSR count). The van der Waals surface area contributed by atoms with E-state index in [-0.39, 0.29) is 0 Å². The molecule has 6 nitrogen and oxygen atoms in total. The number of allylic oxidation sites excluding steroid dienone is 3. The second-order valence-corrected chi connectivity index (χ2v) is 4.74. The van der Waals surface area contributed by atoms with Gasteiger partial charge in [0.2, 0.25) is 0 Å². The van der Waals surface area contributed by atoms with E-state index in [1.807, 2.05) is 55.8 Å². The van der Waals surface area contributed by atoms with Gasteiger partial charge in [-0.3, -0.25) is 4.98 Å². The first-order chi connectivity index (χ1) is 10.6. The van der Waals surface area contributed by atoms with Crippen LogP contribution in [0.4, 0.5) is 0 Å². The van der Waals surface area contributed by atoms with Gasteiger partial charge in [-0.15, -0.1) is 10.2 Å². The topological polar surface area (TPSA) is 59.2 Å². The lowest BCUT2D eigenvalue weighted by atomic mass is 10.0. The number of aromatic nitrogens is 4. The van der Waals surface area contributed by atoms with E-state index in [1.54, 1.807) is 0 Å². The number of hydrogen-bond donors (Lipinski definition) is 0. The molecule has 2 aromatic rings. The lowest BCUT2D eigenvalue weighted by Crippen LogP contribution is -1.99. The van der Waals surface area contributed by atoms with Gasteiger partial charge in [-0.1, -0.05) is 19.1 Å². The molecular weight excluding hydrogens is 276 g/mol. The van der Waals surface area contributed by atoms with Gasteiger partial charge in [-0.2, -0.15) is 5.10 Å². The molecule has 6 heteroatoms. The van der Waals surface area contributed by atoms with Crippen LogP contribution in [0.5, 0.6) is 0 Å². The molecule has 0 radical (unpaired) electrons. The molecule has 0 aliphatic heterocycles. The molecule has 0 unspecified atom stereocenters. The van der Waals surface area contributed by atoms with E-state index >= 15 is 0 Å². The summed E-state index contributed by atoms with van der Waals surface area (Å²) in [5.74, 6) is 0.430. The molecule has 0 bridgehead atoms. The maximum Gasteiger partial charge on any atom is 0.141 e. The third kappa shape index (κ3) is 7.14. The summed E-state index contributed by atoms with van der Waals surface area (Å²) in [5.41, 5.74) is 1.29. The average Bonchev–Trinajstić information content (AvgIpc) is 3.06. The normalized spacial score (nSPS) is 12.0. The van der Waals surface area contributed by atoms with Gasteiger partial charge >= 0.3 is 0 Å². The molecule has 0 aliphatic carbocycles. The number of nitrogens with zero attached hydrogens (tertiary/aromatic N) is 6. The summed E-state index contributed by atoms with van der Waals surface area (Å²) in [6, 6.07) is 4.09. The number of hydrogen-bond acceptors (Lipinski definition) is 5. The number of pyridine rings is 1. The minimum absolute atomic E-state index is 0.430. The lowest BCUT2D eigenvalue weighted by Gasteiger charge is -2.05. The van der Waals surface area contributed by atoms with E-state index in [0.717, 1.165) is 0 Å². The van der Waals surface area contributed by atoms with Gasteiger partial charge in [0.1, 0.15) is 12.7 Å². The average molecular weight is 298 g/mol. The van der Waals surface area contributed by atoms with E-state index in [4.69, 9.17) is 0 Å². The summed E-state index contributed by atoms with van der Waals surface area (Å²) >= 11 is 0. The molecule has 0 aromatic carbocycles. The van der Waals surface area contributed by atoms with Crippen LogP contribution in [0, 0.1) is 0 Å². The fraction of sp³-hybridized carbons (Fsp3) is 0.250. The molecule has 22 heavy (non-hydrogen) atoms. The van der Waals surface area contributed by atoms with Crippen molar-refractivity contribution in [2.24, 2.45) is 5.10 Å². The zero-order valence-electron chi connectivity index (χ0n) is 13.2. The standard InChI is InChI=1S/C13H18N2.C3H4N4/c1-12(6-4-5-11-15(2)3)13-7-9-14-10-8-13;1-4-7-2-5-6-3-7/h4-12H,1-3H3;2-3H,1H2/b6-4?,11-5+;/t12-;/m0./s1. The van der Waals surface area contributed by atoms with Gasteiger partial charge < -0.3 is 4.90 Å². The minimum atomic E-state index is 0.430. The maximum absolute atomic E-state index is 4.00. The highest BCUT2D eigenvalue weighted by Gasteiger charge is 1.98. The fourth-order valence-corrected chi connectivity index (χ4v) is 1.50. The van der Waals surface area contributed by atoms with E-state index < -0.39 is 0 Å². The summed E-state index contributed by atoms with van der Waals surface area (Å²) in [5, 5.41) is 10.4. The monoisotopic (exact) mass is 298 g/mol. The van der Waals surface area contributed by atoms with Crippen molar-refractivity contribution in [3.63, 3.8) is 0 Å². The second-order valence-electron chi connectivity index (χ2n) is 4.74. The van der Waals surface area contributed by atoms with Crippen molar-refractivity contribution in [2.45, 2.75) is 12.8 Å². The molecule has 0 saturated carbocycles. The van der Waals surface area contributed by atoms with E-state index in [1.165, 1.54) is 22.9 Å². The lowest BCUT2D eigenvalue weighted by molar-refractivity contribution is 0.564. The molecule has 1 atom stereocenters. The Morgan fingerprint density at radius 1 is 1.18 bits per heavy atom. The van der Waals surface area contributed by atoms with Crippen LogP contribution in [0.25, 0.3) is 0 Å². The SMILES string of the molecule is C=Nn1cnnc1.C[C@@H](C=C/C=C/N(C)C)c1ccncc1. The smallest absolute Gasteiger partial charge is 0.141 e. The summed E-state index contributed by atoms with van der Waals surface area (Å²) < 4.78 is 1.42. The van der Waals surface area contributed by atoms with Crippen LogP contribution in [0.2, 0.25) is 0 Å². The highest BCUT2D eigenvalue weighted by Crippen LogP contribution is 2.14. The van der Waals surface area contributed by atoms with Crippen LogP contribution >= 0.6 is 0 Å². The van der Waals surface area contributed by atoms with Crippen molar-refractivity contribution in [1.29, 1.82) is 0 Å². The van der Waals surface area contributed by atoms with Crippen LogP contribution in [0.15, 0.2) is 66.7 Å². The van der Waals surface area contributed by atoms with Crippen molar-refractivity contribution in [1.82, 2.24) is 24.8 Å². The van der Waals surface area contributed by atoms with Crippen molar-refractivity contribution >= 4 is 6.72 Å². The van der Waals surface area contributed by atoms with Crippen LogP contribution in [-0.4, -0.2) is 45.6 Å². The van der Waals surface area contributed by atoms with Crippen LogP contribution in [0.1, 0.15) is 18.4 Å². The summed E-state index contributed by atoms with van der Waals surface area (Å²) in [6.07, 6.45) is 14.9. The predicted octanol–water partition coefficient (Wildman–Crippen LogP) is 2.56. The Balaban J connectivity index is 0.000000287. The van der Waals surface area contributed by atoms with Crippen LogP contribution in [-0.2, 0) is 0 Å². The maximum atomic E-state index is 4.00. The summed E-state index contributed by atoms with van der Waals surface area (Å²) in [7, 11) is 4.02. The fourth-order valence-electron chi connectivity index (χ4n) is 1.50. The molecule has 0 fully saturated rings. The first kappa shape index (κ1) is 17.3. The van der Waals surface area contributed by atoms with Crippen molar-refractivity contribution in [2.75, 3.05) is 14.1 Å². The Labute approximate surface area is 131 Å². The predicted molar refractivity (Wildman–Crippen MR) is 89.6 cm³/mol. The third-order valence-electron chi connectivity index (χ3n) is 2.70. The van der Waals surface area contributed by atoms with Crippen molar-refractivity contribution in [3.8, 4) is 0 Å². The number of rotatable bonds is 5.